The van der Waals surface area contributed by atoms with Crippen LogP contribution in [0.5, 0.6) is 0 Å². The highest BCUT2D eigenvalue weighted by Gasteiger charge is 2.12. The minimum absolute atomic E-state index is 0.0320. The van der Waals surface area contributed by atoms with Crippen molar-refractivity contribution in [2.75, 3.05) is 0 Å². The van der Waals surface area contributed by atoms with Gasteiger partial charge in [0, 0.05) is 0 Å². The third-order valence-corrected chi connectivity index (χ3v) is 4.37. The van der Waals surface area contributed by atoms with Gasteiger partial charge in [0.05, 0.1) is 11.7 Å². The molecule has 0 fully saturated rings. The number of hydrogen-bond donors (Lipinski definition) is 0. The van der Waals surface area contributed by atoms with Gasteiger partial charge in [0.1, 0.15) is 0 Å². The molecule has 2 aromatic rings. The van der Waals surface area contributed by atoms with E-state index in [1.807, 2.05) is 49.4 Å². The highest BCUT2D eigenvalue weighted by Crippen LogP contribution is 2.21. The Morgan fingerprint density at radius 2 is 1.60 bits per heavy atom. The van der Waals surface area contributed by atoms with Crippen molar-refractivity contribution in [2.24, 2.45) is 0 Å². The van der Waals surface area contributed by atoms with E-state index in [0.29, 0.717) is 5.56 Å². The van der Waals surface area contributed by atoms with Crippen molar-refractivity contribution in [3.8, 4) is 11.1 Å². The smallest absolute Gasteiger partial charge is 0.338 e. The van der Waals surface area contributed by atoms with Crippen molar-refractivity contribution in [2.45, 2.75) is 52.1 Å². The molecule has 0 aliphatic rings. The van der Waals surface area contributed by atoms with Gasteiger partial charge in [0.25, 0.3) is 0 Å². The fourth-order valence-electron chi connectivity index (χ4n) is 2.78. The van der Waals surface area contributed by atoms with Crippen LogP contribution in [0.1, 0.15) is 61.9 Å². The summed E-state index contributed by atoms with van der Waals surface area (Å²) in [6, 6.07) is 15.8. The van der Waals surface area contributed by atoms with Crippen LogP contribution in [0.15, 0.2) is 55.1 Å². The van der Waals surface area contributed by atoms with Gasteiger partial charge in [-0.3, -0.25) is 0 Å². The van der Waals surface area contributed by atoms with Crippen LogP contribution in [-0.2, 0) is 4.74 Å². The Kier molecular flexibility index (Phi) is 7.46. The fraction of sp³-hybridized carbons (Fsp3) is 0.348. The lowest BCUT2D eigenvalue weighted by atomic mass is 10.0. The summed E-state index contributed by atoms with van der Waals surface area (Å²) in [5, 5.41) is 0. The summed E-state index contributed by atoms with van der Waals surface area (Å²) >= 11 is 0. The Morgan fingerprint density at radius 1 is 1.00 bits per heavy atom. The molecule has 0 saturated carbocycles. The molecule has 0 radical (unpaired) electrons. The van der Waals surface area contributed by atoms with E-state index in [9.17, 15) is 4.79 Å². The van der Waals surface area contributed by atoms with Crippen LogP contribution in [0, 0.1) is 0 Å². The van der Waals surface area contributed by atoms with E-state index in [4.69, 9.17) is 4.74 Å². The lowest BCUT2D eigenvalue weighted by molar-refractivity contribution is 0.0319. The van der Waals surface area contributed by atoms with Crippen LogP contribution in [0.25, 0.3) is 17.2 Å². The van der Waals surface area contributed by atoms with Crippen LogP contribution >= 0.6 is 0 Å². The largest absolute Gasteiger partial charge is 0.459 e. The third-order valence-electron chi connectivity index (χ3n) is 4.37. The molecule has 1 atom stereocenters. The Bertz CT molecular complexity index is 668. The van der Waals surface area contributed by atoms with E-state index < -0.39 is 0 Å². The summed E-state index contributed by atoms with van der Waals surface area (Å²) in [5.41, 5.74) is 3.90. The first-order valence-corrected chi connectivity index (χ1v) is 9.18. The first-order valence-electron chi connectivity index (χ1n) is 9.18. The first-order chi connectivity index (χ1) is 12.1. The topological polar surface area (TPSA) is 26.3 Å². The van der Waals surface area contributed by atoms with Crippen molar-refractivity contribution in [3.05, 3.63) is 66.2 Å². The number of esters is 1. The zero-order chi connectivity index (χ0) is 18.1. The molecule has 2 heteroatoms. The molecular weight excluding hydrogens is 308 g/mol. The summed E-state index contributed by atoms with van der Waals surface area (Å²) in [7, 11) is 0. The molecule has 0 saturated heterocycles. The summed E-state index contributed by atoms with van der Waals surface area (Å²) in [6.45, 7) is 7.93. The van der Waals surface area contributed by atoms with E-state index in [0.717, 1.165) is 29.5 Å². The highest BCUT2D eigenvalue weighted by atomic mass is 16.5. The van der Waals surface area contributed by atoms with Gasteiger partial charge in [-0.2, -0.15) is 0 Å². The molecule has 25 heavy (non-hydrogen) atoms. The van der Waals surface area contributed by atoms with Gasteiger partial charge in [-0.25, -0.2) is 4.79 Å². The van der Waals surface area contributed by atoms with Crippen LogP contribution < -0.4 is 0 Å². The van der Waals surface area contributed by atoms with Gasteiger partial charge >= 0.3 is 5.97 Å². The summed E-state index contributed by atoms with van der Waals surface area (Å²) in [4.78, 5) is 12.2. The average molecular weight is 336 g/mol. The summed E-state index contributed by atoms with van der Waals surface area (Å²) in [6.07, 6.45) is 7.51. The molecule has 132 valence electrons. The Hall–Kier alpha value is -2.35. The second kappa shape index (κ2) is 9.83. The van der Waals surface area contributed by atoms with Gasteiger partial charge in [0.15, 0.2) is 0 Å². The van der Waals surface area contributed by atoms with Crippen molar-refractivity contribution in [1.82, 2.24) is 0 Å². The molecule has 0 aliphatic heterocycles. The van der Waals surface area contributed by atoms with Crippen LogP contribution in [0.3, 0.4) is 0 Å². The SMILES string of the molecule is C=Cc1ccc(-c2ccc(C(=O)OC(C)CCCCCC)cc2)cc1. The maximum absolute atomic E-state index is 12.2. The molecule has 2 rings (SSSR count). The number of ether oxygens (including phenoxy) is 1. The molecule has 0 aromatic heterocycles. The fourth-order valence-corrected chi connectivity index (χ4v) is 2.78. The minimum Gasteiger partial charge on any atom is -0.459 e. The number of carbonyl (C=O) groups is 1. The lowest BCUT2D eigenvalue weighted by Gasteiger charge is -2.13. The van der Waals surface area contributed by atoms with Gasteiger partial charge < -0.3 is 4.74 Å². The number of rotatable bonds is 9. The van der Waals surface area contributed by atoms with Crippen molar-refractivity contribution >= 4 is 12.0 Å². The second-order valence-corrected chi connectivity index (χ2v) is 6.47. The van der Waals surface area contributed by atoms with Crippen LogP contribution in [0.2, 0.25) is 0 Å². The summed E-state index contributed by atoms with van der Waals surface area (Å²) < 4.78 is 5.54. The molecule has 0 N–H and O–H groups in total. The molecule has 0 bridgehead atoms. The van der Waals surface area contributed by atoms with Crippen molar-refractivity contribution < 1.29 is 9.53 Å². The highest BCUT2D eigenvalue weighted by molar-refractivity contribution is 5.90. The lowest BCUT2D eigenvalue weighted by Crippen LogP contribution is -2.15. The Labute approximate surface area is 151 Å². The predicted molar refractivity (Wildman–Crippen MR) is 106 cm³/mol. The van der Waals surface area contributed by atoms with E-state index in [2.05, 4.69) is 25.6 Å². The maximum atomic E-state index is 12.2. The van der Waals surface area contributed by atoms with Crippen molar-refractivity contribution in [1.29, 1.82) is 0 Å². The zero-order valence-corrected chi connectivity index (χ0v) is 15.3. The molecule has 0 heterocycles. The van der Waals surface area contributed by atoms with E-state index in [1.165, 1.54) is 19.3 Å². The predicted octanol–water partition coefficient (Wildman–Crippen LogP) is 6.51. The molecule has 1 unspecified atom stereocenters. The number of benzene rings is 2. The van der Waals surface area contributed by atoms with Gasteiger partial charge in [-0.1, -0.05) is 75.2 Å². The van der Waals surface area contributed by atoms with Crippen molar-refractivity contribution in [3.63, 3.8) is 0 Å². The van der Waals surface area contributed by atoms with Gasteiger partial charge in [-0.05, 0) is 48.6 Å². The Balaban J connectivity index is 1.91. The van der Waals surface area contributed by atoms with E-state index in [1.54, 1.807) is 0 Å². The number of hydrogen-bond acceptors (Lipinski definition) is 2. The minimum atomic E-state index is -0.239. The standard InChI is InChI=1S/C23H28O2/c1-4-6-7-8-9-18(3)25-23(24)22-16-14-21(15-17-22)20-12-10-19(5-2)11-13-20/h5,10-18H,2,4,6-9H2,1,3H3. The zero-order valence-electron chi connectivity index (χ0n) is 15.3. The monoisotopic (exact) mass is 336 g/mol. The third kappa shape index (κ3) is 5.90. The number of unbranched alkanes of at least 4 members (excludes halogenated alkanes) is 3. The van der Waals surface area contributed by atoms with E-state index in [-0.39, 0.29) is 12.1 Å². The van der Waals surface area contributed by atoms with Gasteiger partial charge in [-0.15, -0.1) is 0 Å². The quantitative estimate of drug-likeness (QED) is 0.385. The molecule has 2 aromatic carbocycles. The van der Waals surface area contributed by atoms with Crippen LogP contribution in [-0.4, -0.2) is 12.1 Å². The normalized spacial score (nSPS) is 11.8. The molecule has 0 amide bonds. The summed E-state index contributed by atoms with van der Waals surface area (Å²) in [5.74, 6) is -0.239. The Morgan fingerprint density at radius 3 is 2.16 bits per heavy atom. The van der Waals surface area contributed by atoms with Crippen LogP contribution in [0.4, 0.5) is 0 Å². The maximum Gasteiger partial charge on any atom is 0.338 e. The van der Waals surface area contributed by atoms with E-state index >= 15 is 0 Å². The molecule has 0 spiro atoms. The molecule has 2 nitrogen and oxygen atoms in total. The average Bonchev–Trinajstić information content (AvgIpc) is 2.65. The molecular formula is C23H28O2. The second-order valence-electron chi connectivity index (χ2n) is 6.47. The van der Waals surface area contributed by atoms with Gasteiger partial charge in [0.2, 0.25) is 0 Å². The first kappa shape index (κ1) is 19.0. The molecule has 0 aliphatic carbocycles. The number of carbonyl (C=O) groups excluding carboxylic acids is 1.